The third kappa shape index (κ3) is 3.63. The summed E-state index contributed by atoms with van der Waals surface area (Å²) in [7, 11) is 0. The Labute approximate surface area is 128 Å². The zero-order valence-corrected chi connectivity index (χ0v) is 12.3. The fourth-order valence-corrected chi connectivity index (χ4v) is 2.63. The second-order valence-corrected chi connectivity index (χ2v) is 5.99. The average Bonchev–Trinajstić information content (AvgIpc) is 2.88. The lowest BCUT2D eigenvalue weighted by Crippen LogP contribution is -2.46. The molecular weight excluding hydrogens is 317 g/mol. The highest BCUT2D eigenvalue weighted by Gasteiger charge is 2.33. The number of aromatic nitrogens is 1. The molecule has 2 aromatic rings. The van der Waals surface area contributed by atoms with Gasteiger partial charge in [0.25, 0.3) is 0 Å². The van der Waals surface area contributed by atoms with Crippen LogP contribution in [-0.2, 0) is 17.4 Å². The van der Waals surface area contributed by atoms with Crippen LogP contribution in [-0.4, -0.2) is 21.6 Å². The zero-order valence-electron chi connectivity index (χ0n) is 11.5. The molecule has 8 heteroatoms. The van der Waals surface area contributed by atoms with E-state index in [1.54, 1.807) is 24.3 Å². The molecule has 22 heavy (non-hydrogen) atoms. The summed E-state index contributed by atoms with van der Waals surface area (Å²) in [6, 6.07) is 6.48. The Hall–Kier alpha value is -1.93. The van der Waals surface area contributed by atoms with Crippen LogP contribution in [0.5, 0.6) is 0 Å². The number of aliphatic carboxylic acids is 1. The van der Waals surface area contributed by atoms with E-state index in [1.165, 1.54) is 6.92 Å². The summed E-state index contributed by atoms with van der Waals surface area (Å²) in [4.78, 5) is 14.5. The number of benzene rings is 1. The zero-order chi connectivity index (χ0) is 16.5. The van der Waals surface area contributed by atoms with Gasteiger partial charge in [0.2, 0.25) is 0 Å². The molecule has 0 amide bonds. The Morgan fingerprint density at radius 1 is 1.32 bits per heavy atom. The van der Waals surface area contributed by atoms with E-state index in [0.717, 1.165) is 16.7 Å². The molecule has 0 aliphatic rings. The molecule has 0 saturated heterocycles. The van der Waals surface area contributed by atoms with Gasteiger partial charge in [0.05, 0.1) is 0 Å². The molecule has 118 valence electrons. The van der Waals surface area contributed by atoms with Crippen molar-refractivity contribution in [2.45, 2.75) is 25.1 Å². The fourth-order valence-electron chi connectivity index (χ4n) is 1.80. The van der Waals surface area contributed by atoms with Crippen LogP contribution >= 0.6 is 11.3 Å². The largest absolute Gasteiger partial charge is 0.480 e. The molecule has 0 radical (unpaired) electrons. The Morgan fingerprint density at radius 2 is 1.91 bits per heavy atom. The topological polar surface area (TPSA) is 76.2 Å². The number of halogens is 3. The van der Waals surface area contributed by atoms with Crippen molar-refractivity contribution in [1.82, 2.24) is 4.98 Å². The summed E-state index contributed by atoms with van der Waals surface area (Å²) in [6.45, 7) is 1.40. The molecule has 3 N–H and O–H groups in total. The van der Waals surface area contributed by atoms with Gasteiger partial charge in [-0.1, -0.05) is 24.3 Å². The number of rotatable bonds is 4. The molecule has 0 bridgehead atoms. The van der Waals surface area contributed by atoms with Crippen LogP contribution in [0.1, 0.15) is 18.2 Å². The minimum Gasteiger partial charge on any atom is -0.480 e. The molecule has 0 aliphatic carbocycles. The summed E-state index contributed by atoms with van der Waals surface area (Å²) >= 11 is 0.903. The van der Waals surface area contributed by atoms with Crippen molar-refractivity contribution in [3.05, 3.63) is 40.9 Å². The molecule has 4 nitrogen and oxygen atoms in total. The minimum atomic E-state index is -4.46. The Kier molecular flexibility index (Phi) is 4.25. The van der Waals surface area contributed by atoms with Crippen molar-refractivity contribution in [2.75, 3.05) is 0 Å². The Balaban J connectivity index is 2.19. The van der Waals surface area contributed by atoms with Gasteiger partial charge in [0, 0.05) is 17.4 Å². The molecule has 1 heterocycles. The summed E-state index contributed by atoms with van der Waals surface area (Å²) in [5, 5.41) is 10.2. The highest BCUT2D eigenvalue weighted by atomic mass is 32.1. The van der Waals surface area contributed by atoms with Crippen molar-refractivity contribution in [3.63, 3.8) is 0 Å². The van der Waals surface area contributed by atoms with Gasteiger partial charge in [0.15, 0.2) is 5.69 Å². The Bertz CT molecular complexity index is 678. The molecule has 1 aromatic carbocycles. The van der Waals surface area contributed by atoms with Crippen LogP contribution in [0.4, 0.5) is 13.2 Å². The number of nitrogens with two attached hydrogens (primary N) is 1. The molecule has 2 rings (SSSR count). The number of nitrogens with zero attached hydrogens (tertiary/aromatic N) is 1. The van der Waals surface area contributed by atoms with E-state index in [-0.39, 0.29) is 11.4 Å². The molecule has 1 aromatic heterocycles. The van der Waals surface area contributed by atoms with E-state index in [0.29, 0.717) is 11.1 Å². The van der Waals surface area contributed by atoms with Gasteiger partial charge in [-0.15, -0.1) is 11.3 Å². The van der Waals surface area contributed by atoms with E-state index in [4.69, 9.17) is 10.8 Å². The summed E-state index contributed by atoms with van der Waals surface area (Å²) in [5.74, 6) is -1.12. The van der Waals surface area contributed by atoms with Crippen LogP contribution in [0.3, 0.4) is 0 Å². The maximum atomic E-state index is 12.5. The molecule has 0 aliphatic heterocycles. The predicted molar refractivity (Wildman–Crippen MR) is 76.5 cm³/mol. The number of hydrogen-bond donors (Lipinski definition) is 2. The fraction of sp³-hybridized carbons (Fsp3) is 0.286. The lowest BCUT2D eigenvalue weighted by Gasteiger charge is -2.19. The first-order chi connectivity index (χ1) is 10.1. The van der Waals surface area contributed by atoms with Gasteiger partial charge >= 0.3 is 12.1 Å². The van der Waals surface area contributed by atoms with Crippen molar-refractivity contribution < 1.29 is 23.1 Å². The third-order valence-electron chi connectivity index (χ3n) is 3.06. The minimum absolute atomic E-state index is 0.119. The van der Waals surface area contributed by atoms with E-state index in [1.807, 2.05) is 0 Å². The average molecular weight is 330 g/mol. The third-order valence-corrected chi connectivity index (χ3v) is 3.95. The molecule has 1 atom stereocenters. The van der Waals surface area contributed by atoms with E-state index >= 15 is 0 Å². The SMILES string of the molecule is CC(N)(Cc1ccc(-c2nc(C(F)(F)F)cs2)cc1)C(=O)O. The monoisotopic (exact) mass is 330 g/mol. The summed E-state index contributed by atoms with van der Waals surface area (Å²) in [5.41, 5.74) is 4.57. The number of hydrogen-bond acceptors (Lipinski definition) is 4. The first-order valence-electron chi connectivity index (χ1n) is 6.24. The van der Waals surface area contributed by atoms with Crippen molar-refractivity contribution >= 4 is 17.3 Å². The van der Waals surface area contributed by atoms with Crippen molar-refractivity contribution in [2.24, 2.45) is 5.73 Å². The van der Waals surface area contributed by atoms with Crippen LogP contribution in [0.2, 0.25) is 0 Å². The Morgan fingerprint density at radius 3 is 2.36 bits per heavy atom. The van der Waals surface area contributed by atoms with Gasteiger partial charge in [-0.3, -0.25) is 4.79 Å². The van der Waals surface area contributed by atoms with Crippen molar-refractivity contribution in [1.29, 1.82) is 0 Å². The van der Waals surface area contributed by atoms with Crippen LogP contribution < -0.4 is 5.73 Å². The van der Waals surface area contributed by atoms with Gasteiger partial charge in [0.1, 0.15) is 10.5 Å². The summed E-state index contributed by atoms with van der Waals surface area (Å²) < 4.78 is 37.6. The lowest BCUT2D eigenvalue weighted by atomic mass is 9.94. The predicted octanol–water partition coefficient (Wildman–Crippen LogP) is 3.17. The quantitative estimate of drug-likeness (QED) is 0.903. The van der Waals surface area contributed by atoms with Crippen LogP contribution in [0.25, 0.3) is 10.6 Å². The first-order valence-corrected chi connectivity index (χ1v) is 7.12. The second-order valence-electron chi connectivity index (χ2n) is 5.13. The standard InChI is InChI=1S/C14H13F3N2O2S/c1-13(18,12(20)21)6-8-2-4-9(5-3-8)11-19-10(7-22-11)14(15,16)17/h2-5,7H,6,18H2,1H3,(H,20,21). The number of thiazole rings is 1. The maximum absolute atomic E-state index is 12.5. The van der Waals surface area contributed by atoms with Gasteiger partial charge in [-0.05, 0) is 12.5 Å². The smallest absolute Gasteiger partial charge is 0.434 e. The molecule has 0 saturated carbocycles. The molecule has 0 spiro atoms. The van der Waals surface area contributed by atoms with Gasteiger partial charge < -0.3 is 10.8 Å². The van der Waals surface area contributed by atoms with E-state index in [9.17, 15) is 18.0 Å². The van der Waals surface area contributed by atoms with Crippen LogP contribution in [0.15, 0.2) is 29.6 Å². The molecule has 0 fully saturated rings. The number of carboxylic acids is 1. The normalized spacial score (nSPS) is 14.6. The maximum Gasteiger partial charge on any atom is 0.434 e. The van der Waals surface area contributed by atoms with Gasteiger partial charge in [-0.25, -0.2) is 4.98 Å². The number of alkyl halides is 3. The lowest BCUT2D eigenvalue weighted by molar-refractivity contribution is -0.142. The highest BCUT2D eigenvalue weighted by Crippen LogP contribution is 2.33. The number of carbonyl (C=O) groups is 1. The van der Waals surface area contributed by atoms with E-state index < -0.39 is 23.4 Å². The number of carboxylic acid groups (broad SMARTS) is 1. The second kappa shape index (κ2) is 5.69. The van der Waals surface area contributed by atoms with Crippen LogP contribution in [0, 0.1) is 0 Å². The van der Waals surface area contributed by atoms with E-state index in [2.05, 4.69) is 4.98 Å². The summed E-state index contributed by atoms with van der Waals surface area (Å²) in [6.07, 6.45) is -4.34. The molecule has 1 unspecified atom stereocenters. The first kappa shape index (κ1) is 16.4. The highest BCUT2D eigenvalue weighted by molar-refractivity contribution is 7.13. The van der Waals surface area contributed by atoms with Crippen molar-refractivity contribution in [3.8, 4) is 10.6 Å². The van der Waals surface area contributed by atoms with Gasteiger partial charge in [-0.2, -0.15) is 13.2 Å². The molecular formula is C14H13F3N2O2S.